The van der Waals surface area contributed by atoms with Crippen molar-refractivity contribution in [1.82, 2.24) is 9.88 Å². The molecule has 0 radical (unpaired) electrons. The number of hydrogen-bond acceptors (Lipinski definition) is 4. The molecule has 1 heterocycles. The number of carbonyl (C=O) groups excluding carboxylic acids is 1. The molecule has 7 heteroatoms. The van der Waals surface area contributed by atoms with E-state index in [2.05, 4.69) is 10.3 Å². The minimum atomic E-state index is -1.13. The Morgan fingerprint density at radius 2 is 2.00 bits per heavy atom. The zero-order valence-corrected chi connectivity index (χ0v) is 12.4. The first-order valence-corrected chi connectivity index (χ1v) is 6.73. The second kappa shape index (κ2) is 7.09. The van der Waals surface area contributed by atoms with Gasteiger partial charge >= 0.3 is 5.97 Å². The van der Waals surface area contributed by atoms with Crippen molar-refractivity contribution in [2.45, 2.75) is 26.8 Å². The maximum Gasteiger partial charge on any atom is 0.339 e. The van der Waals surface area contributed by atoms with Crippen LogP contribution in [0.2, 0.25) is 5.15 Å². The van der Waals surface area contributed by atoms with Crippen molar-refractivity contribution in [3.05, 3.63) is 22.8 Å². The average Bonchev–Trinajstić information content (AvgIpc) is 2.39. The number of amides is 1. The van der Waals surface area contributed by atoms with Gasteiger partial charge in [-0.3, -0.25) is 4.79 Å². The predicted octanol–water partition coefficient (Wildman–Crippen LogP) is 2.10. The molecule has 6 nitrogen and oxygen atoms in total. The van der Waals surface area contributed by atoms with Crippen molar-refractivity contribution < 1.29 is 14.7 Å². The van der Waals surface area contributed by atoms with Crippen molar-refractivity contribution in [3.63, 3.8) is 0 Å². The van der Waals surface area contributed by atoms with Gasteiger partial charge in [0.05, 0.1) is 0 Å². The monoisotopic (exact) mass is 299 g/mol. The number of aromatic carboxylic acids is 1. The molecule has 0 aliphatic rings. The van der Waals surface area contributed by atoms with Crippen molar-refractivity contribution in [1.29, 1.82) is 0 Å². The van der Waals surface area contributed by atoms with Crippen LogP contribution in [-0.2, 0) is 4.79 Å². The molecule has 0 aromatic carbocycles. The minimum absolute atomic E-state index is 0.0198. The lowest BCUT2D eigenvalue weighted by atomic mass is 10.2. The number of nitrogens with zero attached hydrogens (tertiary/aromatic N) is 2. The third kappa shape index (κ3) is 3.84. The van der Waals surface area contributed by atoms with E-state index >= 15 is 0 Å². The van der Waals surface area contributed by atoms with E-state index in [1.807, 2.05) is 13.8 Å². The standard InChI is InChI=1S/C13H18ClN3O3/c1-4-17(5-2)12(18)8(3)15-11-9(13(19)20)6-7-10(14)16-11/h6-8H,4-5H2,1-3H3,(H,15,16)(H,19,20). The molecule has 0 aliphatic heterocycles. The lowest BCUT2D eigenvalue weighted by molar-refractivity contribution is -0.131. The number of pyridine rings is 1. The SMILES string of the molecule is CCN(CC)C(=O)C(C)Nc1nc(Cl)ccc1C(=O)O. The van der Waals surface area contributed by atoms with Gasteiger partial charge in [-0.05, 0) is 32.9 Å². The smallest absolute Gasteiger partial charge is 0.339 e. The van der Waals surface area contributed by atoms with Gasteiger partial charge in [0, 0.05) is 13.1 Å². The van der Waals surface area contributed by atoms with Crippen LogP contribution >= 0.6 is 11.6 Å². The molecule has 1 atom stereocenters. The van der Waals surface area contributed by atoms with E-state index in [4.69, 9.17) is 16.7 Å². The summed E-state index contributed by atoms with van der Waals surface area (Å²) in [5.74, 6) is -1.15. The molecule has 1 aromatic rings. The second-order valence-corrected chi connectivity index (χ2v) is 4.60. The Kier molecular flexibility index (Phi) is 5.76. The number of anilines is 1. The summed E-state index contributed by atoms with van der Waals surface area (Å²) in [5.41, 5.74) is -0.0198. The van der Waals surface area contributed by atoms with Crippen LogP contribution in [0.25, 0.3) is 0 Å². The van der Waals surface area contributed by atoms with Gasteiger partial charge in [0.2, 0.25) is 5.91 Å². The first kappa shape index (κ1) is 16.2. The molecule has 20 heavy (non-hydrogen) atoms. The Labute approximate surface area is 122 Å². The summed E-state index contributed by atoms with van der Waals surface area (Å²) in [7, 11) is 0. The Bertz CT molecular complexity index is 504. The van der Waals surface area contributed by atoms with Crippen LogP contribution in [-0.4, -0.2) is 46.0 Å². The van der Waals surface area contributed by atoms with E-state index in [0.29, 0.717) is 13.1 Å². The fourth-order valence-corrected chi connectivity index (χ4v) is 1.94. The van der Waals surface area contributed by atoms with Gasteiger partial charge in [-0.25, -0.2) is 9.78 Å². The van der Waals surface area contributed by atoms with Gasteiger partial charge in [0.15, 0.2) is 0 Å². The number of carboxylic acids is 1. The summed E-state index contributed by atoms with van der Waals surface area (Å²) in [6.45, 7) is 6.62. The number of halogens is 1. The molecule has 1 amide bonds. The molecule has 2 N–H and O–H groups in total. The van der Waals surface area contributed by atoms with Crippen molar-refractivity contribution in [2.24, 2.45) is 0 Å². The molecule has 0 saturated heterocycles. The lowest BCUT2D eigenvalue weighted by Crippen LogP contribution is -2.41. The van der Waals surface area contributed by atoms with E-state index in [-0.39, 0.29) is 22.4 Å². The first-order chi connectivity index (χ1) is 9.40. The Morgan fingerprint density at radius 1 is 1.40 bits per heavy atom. The van der Waals surface area contributed by atoms with Crippen molar-refractivity contribution in [2.75, 3.05) is 18.4 Å². The quantitative estimate of drug-likeness (QED) is 0.786. The maximum atomic E-state index is 12.1. The lowest BCUT2D eigenvalue weighted by Gasteiger charge is -2.24. The first-order valence-electron chi connectivity index (χ1n) is 6.35. The normalized spacial score (nSPS) is 11.8. The van der Waals surface area contributed by atoms with E-state index in [1.165, 1.54) is 12.1 Å². The van der Waals surface area contributed by atoms with E-state index in [1.54, 1.807) is 11.8 Å². The summed E-state index contributed by atoms with van der Waals surface area (Å²) in [6, 6.07) is 2.17. The van der Waals surface area contributed by atoms with Gasteiger partial charge in [-0.2, -0.15) is 0 Å². The molecule has 110 valence electrons. The zero-order chi connectivity index (χ0) is 15.3. The van der Waals surface area contributed by atoms with Crippen LogP contribution in [0, 0.1) is 0 Å². The highest BCUT2D eigenvalue weighted by Gasteiger charge is 2.21. The molecular formula is C13H18ClN3O3. The molecule has 0 saturated carbocycles. The number of carbonyl (C=O) groups is 2. The average molecular weight is 300 g/mol. The number of likely N-dealkylation sites (N-methyl/N-ethyl adjacent to an activating group) is 1. The number of rotatable bonds is 6. The van der Waals surface area contributed by atoms with Crippen LogP contribution in [0.5, 0.6) is 0 Å². The molecule has 1 aromatic heterocycles. The van der Waals surface area contributed by atoms with Gasteiger partial charge in [-0.15, -0.1) is 0 Å². The van der Waals surface area contributed by atoms with Gasteiger partial charge in [-0.1, -0.05) is 11.6 Å². The third-order valence-corrected chi connectivity index (χ3v) is 3.10. The van der Waals surface area contributed by atoms with E-state index in [0.717, 1.165) is 0 Å². The van der Waals surface area contributed by atoms with Gasteiger partial charge < -0.3 is 15.3 Å². The van der Waals surface area contributed by atoms with Crippen molar-refractivity contribution in [3.8, 4) is 0 Å². The fraction of sp³-hybridized carbons (Fsp3) is 0.462. The zero-order valence-electron chi connectivity index (χ0n) is 11.7. The van der Waals surface area contributed by atoms with Crippen LogP contribution in [0.15, 0.2) is 12.1 Å². The molecule has 0 spiro atoms. The number of aromatic nitrogens is 1. The second-order valence-electron chi connectivity index (χ2n) is 4.21. The Balaban J connectivity index is 2.95. The Hall–Kier alpha value is -1.82. The molecule has 0 fully saturated rings. The summed E-state index contributed by atoms with van der Waals surface area (Å²) in [5, 5.41) is 12.1. The number of nitrogens with one attached hydrogen (secondary N) is 1. The van der Waals surface area contributed by atoms with Crippen LogP contribution < -0.4 is 5.32 Å². The molecule has 1 unspecified atom stereocenters. The number of carboxylic acid groups (broad SMARTS) is 1. The summed E-state index contributed by atoms with van der Waals surface area (Å²) in [6.07, 6.45) is 0. The third-order valence-electron chi connectivity index (χ3n) is 2.89. The van der Waals surface area contributed by atoms with Crippen LogP contribution in [0.3, 0.4) is 0 Å². The minimum Gasteiger partial charge on any atom is -0.478 e. The van der Waals surface area contributed by atoms with Gasteiger partial charge in [0.1, 0.15) is 22.6 Å². The Morgan fingerprint density at radius 3 is 2.50 bits per heavy atom. The predicted molar refractivity (Wildman–Crippen MR) is 77.2 cm³/mol. The summed E-state index contributed by atoms with van der Waals surface area (Å²) >= 11 is 5.76. The highest BCUT2D eigenvalue weighted by molar-refractivity contribution is 6.29. The highest BCUT2D eigenvalue weighted by atomic mass is 35.5. The summed E-state index contributed by atoms with van der Waals surface area (Å²) in [4.78, 5) is 28.8. The molecule has 1 rings (SSSR count). The topological polar surface area (TPSA) is 82.5 Å². The number of hydrogen-bond donors (Lipinski definition) is 2. The van der Waals surface area contributed by atoms with Gasteiger partial charge in [0.25, 0.3) is 0 Å². The molecular weight excluding hydrogens is 282 g/mol. The largest absolute Gasteiger partial charge is 0.478 e. The van der Waals surface area contributed by atoms with E-state index in [9.17, 15) is 9.59 Å². The van der Waals surface area contributed by atoms with Crippen LogP contribution in [0.1, 0.15) is 31.1 Å². The van der Waals surface area contributed by atoms with Crippen LogP contribution in [0.4, 0.5) is 5.82 Å². The highest BCUT2D eigenvalue weighted by Crippen LogP contribution is 2.18. The summed E-state index contributed by atoms with van der Waals surface area (Å²) < 4.78 is 0. The van der Waals surface area contributed by atoms with Crippen molar-refractivity contribution >= 4 is 29.3 Å². The molecule has 0 bridgehead atoms. The maximum absolute atomic E-state index is 12.1. The molecule has 0 aliphatic carbocycles. The fourth-order valence-electron chi connectivity index (χ4n) is 1.79. The van der Waals surface area contributed by atoms with E-state index < -0.39 is 12.0 Å².